The quantitative estimate of drug-likeness (QED) is 0.892. The molecule has 1 aromatic carbocycles. The molecule has 2 aromatic rings. The topological polar surface area (TPSA) is 25.2 Å². The number of rotatable bonds is 4. The van der Waals surface area contributed by atoms with Gasteiger partial charge in [0.25, 0.3) is 0 Å². The van der Waals surface area contributed by atoms with Crippen LogP contribution >= 0.6 is 0 Å². The molecule has 19 heavy (non-hydrogen) atoms. The van der Waals surface area contributed by atoms with Crippen LogP contribution in [0.4, 0.5) is 8.78 Å². The second kappa shape index (κ2) is 5.53. The van der Waals surface area contributed by atoms with Crippen LogP contribution in [0.2, 0.25) is 0 Å². The van der Waals surface area contributed by atoms with E-state index in [9.17, 15) is 8.78 Å². The molecule has 1 aromatic heterocycles. The average Bonchev–Trinajstić information content (AvgIpc) is 2.75. The largest absolute Gasteiger partial charge is 0.465 e. The highest BCUT2D eigenvalue weighted by atomic mass is 19.1. The average molecular weight is 265 g/mol. The maximum atomic E-state index is 13.7. The molecule has 0 radical (unpaired) electrons. The first-order valence-electron chi connectivity index (χ1n) is 6.25. The molecular formula is C15H17F2NO. The van der Waals surface area contributed by atoms with Gasteiger partial charge in [-0.05, 0) is 45.0 Å². The number of halogens is 2. The van der Waals surface area contributed by atoms with Gasteiger partial charge in [-0.25, -0.2) is 8.78 Å². The SMILES string of the molecule is Cc1ccc(C(C)NC(C)c2c(F)cccc2F)o1. The lowest BCUT2D eigenvalue weighted by atomic mass is 10.1. The highest BCUT2D eigenvalue weighted by Crippen LogP contribution is 2.24. The van der Waals surface area contributed by atoms with Gasteiger partial charge in [-0.1, -0.05) is 6.07 Å². The molecule has 0 fully saturated rings. The van der Waals surface area contributed by atoms with E-state index in [0.717, 1.165) is 11.5 Å². The van der Waals surface area contributed by atoms with Gasteiger partial charge in [0.05, 0.1) is 6.04 Å². The number of nitrogens with one attached hydrogen (secondary N) is 1. The Morgan fingerprint density at radius 3 is 2.16 bits per heavy atom. The molecule has 2 atom stereocenters. The Balaban J connectivity index is 2.15. The molecule has 1 heterocycles. The predicted molar refractivity (Wildman–Crippen MR) is 69.8 cm³/mol. The van der Waals surface area contributed by atoms with Gasteiger partial charge in [0.2, 0.25) is 0 Å². The zero-order valence-electron chi connectivity index (χ0n) is 11.2. The van der Waals surface area contributed by atoms with Crippen LogP contribution in [-0.4, -0.2) is 0 Å². The molecule has 2 nitrogen and oxygen atoms in total. The van der Waals surface area contributed by atoms with Gasteiger partial charge in [-0.3, -0.25) is 0 Å². The van der Waals surface area contributed by atoms with Crippen molar-refractivity contribution in [2.45, 2.75) is 32.9 Å². The van der Waals surface area contributed by atoms with Crippen molar-refractivity contribution in [1.82, 2.24) is 5.32 Å². The lowest BCUT2D eigenvalue weighted by Gasteiger charge is -2.19. The molecule has 0 aliphatic carbocycles. The molecule has 0 bridgehead atoms. The van der Waals surface area contributed by atoms with Crippen LogP contribution in [0.15, 0.2) is 34.7 Å². The predicted octanol–water partition coefficient (Wildman–Crippen LogP) is 4.28. The van der Waals surface area contributed by atoms with Crippen molar-refractivity contribution in [1.29, 1.82) is 0 Å². The summed E-state index contributed by atoms with van der Waals surface area (Å²) in [4.78, 5) is 0. The fourth-order valence-electron chi connectivity index (χ4n) is 2.15. The van der Waals surface area contributed by atoms with E-state index in [1.165, 1.54) is 18.2 Å². The fraction of sp³-hybridized carbons (Fsp3) is 0.333. The van der Waals surface area contributed by atoms with Crippen LogP contribution < -0.4 is 5.32 Å². The van der Waals surface area contributed by atoms with Gasteiger partial charge in [-0.15, -0.1) is 0 Å². The van der Waals surface area contributed by atoms with Crippen molar-refractivity contribution in [3.8, 4) is 0 Å². The first-order valence-corrected chi connectivity index (χ1v) is 6.25. The summed E-state index contributed by atoms with van der Waals surface area (Å²) in [5, 5.41) is 3.13. The molecule has 0 aliphatic heterocycles. The monoisotopic (exact) mass is 265 g/mol. The van der Waals surface area contributed by atoms with Gasteiger partial charge < -0.3 is 9.73 Å². The number of hydrogen-bond acceptors (Lipinski definition) is 2. The third-order valence-electron chi connectivity index (χ3n) is 3.12. The first-order chi connectivity index (χ1) is 8.99. The maximum absolute atomic E-state index is 13.7. The van der Waals surface area contributed by atoms with Crippen molar-refractivity contribution >= 4 is 0 Å². The Hall–Kier alpha value is -1.68. The molecule has 0 saturated carbocycles. The molecule has 4 heteroatoms. The Bertz CT molecular complexity index is 545. The summed E-state index contributed by atoms with van der Waals surface area (Å²) in [6.07, 6.45) is 0. The zero-order chi connectivity index (χ0) is 14.0. The molecule has 0 saturated heterocycles. The maximum Gasteiger partial charge on any atom is 0.130 e. The van der Waals surface area contributed by atoms with Crippen LogP contribution in [0, 0.1) is 18.6 Å². The van der Waals surface area contributed by atoms with Crippen LogP contribution in [0.5, 0.6) is 0 Å². The van der Waals surface area contributed by atoms with Gasteiger partial charge in [0.1, 0.15) is 23.2 Å². The summed E-state index contributed by atoms with van der Waals surface area (Å²) in [6, 6.07) is 7.04. The van der Waals surface area contributed by atoms with E-state index in [1.54, 1.807) is 6.92 Å². The summed E-state index contributed by atoms with van der Waals surface area (Å²) in [5.74, 6) is 0.486. The Kier molecular flexibility index (Phi) is 4.00. The summed E-state index contributed by atoms with van der Waals surface area (Å²) in [5.41, 5.74) is 0.0534. The van der Waals surface area contributed by atoms with Crippen molar-refractivity contribution in [3.63, 3.8) is 0 Å². The minimum atomic E-state index is -0.539. The van der Waals surface area contributed by atoms with Crippen LogP contribution in [-0.2, 0) is 0 Å². The van der Waals surface area contributed by atoms with Crippen LogP contribution in [0.1, 0.15) is 43.0 Å². The zero-order valence-corrected chi connectivity index (χ0v) is 11.2. The van der Waals surface area contributed by atoms with Gasteiger partial charge in [-0.2, -0.15) is 0 Å². The highest BCUT2D eigenvalue weighted by molar-refractivity contribution is 5.23. The lowest BCUT2D eigenvalue weighted by molar-refractivity contribution is 0.381. The smallest absolute Gasteiger partial charge is 0.130 e. The van der Waals surface area contributed by atoms with E-state index >= 15 is 0 Å². The molecule has 2 rings (SSSR count). The van der Waals surface area contributed by atoms with E-state index < -0.39 is 17.7 Å². The summed E-state index contributed by atoms with van der Waals surface area (Å²) in [6.45, 7) is 5.48. The summed E-state index contributed by atoms with van der Waals surface area (Å²) in [7, 11) is 0. The summed E-state index contributed by atoms with van der Waals surface area (Å²) >= 11 is 0. The minimum absolute atomic E-state index is 0.0534. The molecule has 0 spiro atoms. The Morgan fingerprint density at radius 2 is 1.63 bits per heavy atom. The Morgan fingerprint density at radius 1 is 1.00 bits per heavy atom. The molecule has 102 valence electrons. The lowest BCUT2D eigenvalue weighted by Crippen LogP contribution is -2.23. The van der Waals surface area contributed by atoms with E-state index in [2.05, 4.69) is 5.32 Å². The standard InChI is InChI=1S/C15H17F2NO/c1-9-7-8-14(19-9)10(2)18-11(3)15-12(16)5-4-6-13(15)17/h4-8,10-11,18H,1-3H3. The first kappa shape index (κ1) is 13.7. The van der Waals surface area contributed by atoms with Crippen molar-refractivity contribution in [2.24, 2.45) is 0 Å². The van der Waals surface area contributed by atoms with Crippen LogP contribution in [0.25, 0.3) is 0 Å². The molecule has 0 amide bonds. The minimum Gasteiger partial charge on any atom is -0.465 e. The third-order valence-corrected chi connectivity index (χ3v) is 3.12. The molecule has 0 aliphatic rings. The second-order valence-corrected chi connectivity index (χ2v) is 4.69. The van der Waals surface area contributed by atoms with Crippen molar-refractivity contribution in [2.75, 3.05) is 0 Å². The molecular weight excluding hydrogens is 248 g/mol. The van der Waals surface area contributed by atoms with Gasteiger partial charge in [0.15, 0.2) is 0 Å². The van der Waals surface area contributed by atoms with E-state index in [0.29, 0.717) is 0 Å². The number of furan rings is 1. The van der Waals surface area contributed by atoms with Crippen LogP contribution in [0.3, 0.4) is 0 Å². The third kappa shape index (κ3) is 3.01. The fourth-order valence-corrected chi connectivity index (χ4v) is 2.15. The second-order valence-electron chi connectivity index (χ2n) is 4.69. The number of aryl methyl sites for hydroxylation is 1. The molecule has 1 N–H and O–H groups in total. The molecule has 2 unspecified atom stereocenters. The van der Waals surface area contributed by atoms with Gasteiger partial charge >= 0.3 is 0 Å². The van der Waals surface area contributed by atoms with Gasteiger partial charge in [0, 0.05) is 11.6 Å². The summed E-state index contributed by atoms with van der Waals surface area (Å²) < 4.78 is 32.8. The Labute approximate surface area is 111 Å². The normalized spacial score (nSPS) is 14.4. The van der Waals surface area contributed by atoms with E-state index in [4.69, 9.17) is 4.42 Å². The van der Waals surface area contributed by atoms with E-state index in [1.807, 2.05) is 26.0 Å². The van der Waals surface area contributed by atoms with E-state index in [-0.39, 0.29) is 11.6 Å². The number of hydrogen-bond donors (Lipinski definition) is 1. The van der Waals surface area contributed by atoms with Crippen molar-refractivity contribution in [3.05, 3.63) is 59.1 Å². The van der Waals surface area contributed by atoms with Crippen molar-refractivity contribution < 1.29 is 13.2 Å². The number of benzene rings is 1. The highest BCUT2D eigenvalue weighted by Gasteiger charge is 2.19.